The summed E-state index contributed by atoms with van der Waals surface area (Å²) in [5.74, 6) is 1.48. The second-order valence-electron chi connectivity index (χ2n) is 3.68. The molecule has 0 aliphatic rings. The molecule has 18 heavy (non-hydrogen) atoms. The Hall–Kier alpha value is -1.81. The van der Waals surface area contributed by atoms with Gasteiger partial charge in [0.05, 0.1) is 17.8 Å². The van der Waals surface area contributed by atoms with Crippen LogP contribution in [-0.2, 0) is 0 Å². The van der Waals surface area contributed by atoms with Gasteiger partial charge in [-0.2, -0.15) is 0 Å². The highest BCUT2D eigenvalue weighted by Gasteiger charge is 2.07. The van der Waals surface area contributed by atoms with Crippen molar-refractivity contribution in [1.29, 1.82) is 0 Å². The predicted molar refractivity (Wildman–Crippen MR) is 73.2 cm³/mol. The first kappa shape index (κ1) is 12.6. The average Bonchev–Trinajstić information content (AvgIpc) is 2.40. The number of anilines is 1. The standard InChI is InChI=1S/C13H14ClN3O/c1-3-15-13-7-6-12(16-17-13)10-5-4-9(18-2)8-11(10)14/h4-8H,3H2,1-2H3,(H,15,17). The quantitative estimate of drug-likeness (QED) is 0.920. The minimum Gasteiger partial charge on any atom is -0.497 e. The van der Waals surface area contributed by atoms with E-state index < -0.39 is 0 Å². The molecule has 0 aliphatic heterocycles. The molecule has 4 nitrogen and oxygen atoms in total. The van der Waals surface area contributed by atoms with Gasteiger partial charge in [0.15, 0.2) is 0 Å². The van der Waals surface area contributed by atoms with Gasteiger partial charge in [-0.25, -0.2) is 0 Å². The molecule has 0 aliphatic carbocycles. The number of benzene rings is 1. The molecular weight excluding hydrogens is 250 g/mol. The summed E-state index contributed by atoms with van der Waals surface area (Å²) in [6.07, 6.45) is 0. The predicted octanol–water partition coefficient (Wildman–Crippen LogP) is 3.24. The molecule has 94 valence electrons. The third-order valence-corrected chi connectivity index (χ3v) is 2.79. The van der Waals surface area contributed by atoms with Crippen LogP contribution in [0.3, 0.4) is 0 Å². The SMILES string of the molecule is CCNc1ccc(-c2ccc(OC)cc2Cl)nn1. The first-order valence-corrected chi connectivity index (χ1v) is 6.04. The molecular formula is C13H14ClN3O. The van der Waals surface area contributed by atoms with Crippen molar-refractivity contribution in [2.45, 2.75) is 6.92 Å². The van der Waals surface area contributed by atoms with E-state index >= 15 is 0 Å². The normalized spacial score (nSPS) is 10.2. The van der Waals surface area contributed by atoms with Crippen molar-refractivity contribution >= 4 is 17.4 Å². The number of nitrogens with zero attached hydrogens (tertiary/aromatic N) is 2. The average molecular weight is 264 g/mol. The molecule has 0 spiro atoms. The van der Waals surface area contributed by atoms with Crippen molar-refractivity contribution in [2.24, 2.45) is 0 Å². The molecule has 0 unspecified atom stereocenters. The van der Waals surface area contributed by atoms with Gasteiger partial charge in [0, 0.05) is 12.1 Å². The maximum absolute atomic E-state index is 6.18. The Bertz CT molecular complexity index is 528. The lowest BCUT2D eigenvalue weighted by Crippen LogP contribution is -2.00. The number of methoxy groups -OCH3 is 1. The molecule has 2 rings (SSSR count). The fourth-order valence-electron chi connectivity index (χ4n) is 1.58. The van der Waals surface area contributed by atoms with Gasteiger partial charge in [0.1, 0.15) is 11.6 Å². The van der Waals surface area contributed by atoms with Crippen LogP contribution in [0.1, 0.15) is 6.92 Å². The first-order valence-electron chi connectivity index (χ1n) is 5.66. The van der Waals surface area contributed by atoms with Crippen molar-refractivity contribution in [3.05, 3.63) is 35.4 Å². The fourth-order valence-corrected chi connectivity index (χ4v) is 1.85. The van der Waals surface area contributed by atoms with Crippen molar-refractivity contribution in [1.82, 2.24) is 10.2 Å². The summed E-state index contributed by atoms with van der Waals surface area (Å²) in [6, 6.07) is 9.25. The van der Waals surface area contributed by atoms with Gasteiger partial charge in [0.25, 0.3) is 0 Å². The highest BCUT2D eigenvalue weighted by atomic mass is 35.5. The Morgan fingerprint density at radius 1 is 1.22 bits per heavy atom. The maximum atomic E-state index is 6.18. The second-order valence-corrected chi connectivity index (χ2v) is 4.09. The Kier molecular flexibility index (Phi) is 3.99. The Morgan fingerprint density at radius 3 is 2.61 bits per heavy atom. The van der Waals surface area contributed by atoms with Crippen LogP contribution in [0.15, 0.2) is 30.3 Å². The monoisotopic (exact) mass is 263 g/mol. The summed E-state index contributed by atoms with van der Waals surface area (Å²) in [4.78, 5) is 0. The van der Waals surface area contributed by atoms with Crippen LogP contribution in [0.25, 0.3) is 11.3 Å². The molecule has 0 fully saturated rings. The smallest absolute Gasteiger partial charge is 0.148 e. The fraction of sp³-hybridized carbons (Fsp3) is 0.231. The lowest BCUT2D eigenvalue weighted by molar-refractivity contribution is 0.415. The summed E-state index contributed by atoms with van der Waals surface area (Å²) in [5, 5.41) is 11.9. The van der Waals surface area contributed by atoms with Crippen LogP contribution in [0.5, 0.6) is 5.75 Å². The molecule has 1 aromatic heterocycles. The molecule has 1 aromatic carbocycles. The summed E-state index contributed by atoms with van der Waals surface area (Å²) in [5.41, 5.74) is 1.58. The van der Waals surface area contributed by atoms with Crippen LogP contribution < -0.4 is 10.1 Å². The molecule has 0 amide bonds. The molecule has 0 saturated carbocycles. The van der Waals surface area contributed by atoms with Gasteiger partial charge >= 0.3 is 0 Å². The molecule has 2 aromatic rings. The molecule has 0 bridgehead atoms. The highest BCUT2D eigenvalue weighted by Crippen LogP contribution is 2.29. The van der Waals surface area contributed by atoms with Crippen LogP contribution in [0.4, 0.5) is 5.82 Å². The van der Waals surface area contributed by atoms with Crippen LogP contribution in [-0.4, -0.2) is 23.9 Å². The van der Waals surface area contributed by atoms with E-state index in [0.717, 1.165) is 29.4 Å². The number of halogens is 1. The van der Waals surface area contributed by atoms with E-state index in [4.69, 9.17) is 16.3 Å². The largest absolute Gasteiger partial charge is 0.497 e. The van der Waals surface area contributed by atoms with Gasteiger partial charge in [-0.3, -0.25) is 0 Å². The summed E-state index contributed by atoms with van der Waals surface area (Å²) >= 11 is 6.18. The number of aromatic nitrogens is 2. The maximum Gasteiger partial charge on any atom is 0.148 e. The van der Waals surface area contributed by atoms with E-state index in [-0.39, 0.29) is 0 Å². The zero-order chi connectivity index (χ0) is 13.0. The third kappa shape index (κ3) is 2.71. The number of hydrogen-bond acceptors (Lipinski definition) is 4. The van der Waals surface area contributed by atoms with Crippen molar-refractivity contribution in [3.63, 3.8) is 0 Å². The molecule has 0 radical (unpaired) electrons. The lowest BCUT2D eigenvalue weighted by Gasteiger charge is -2.06. The number of rotatable bonds is 4. The summed E-state index contributed by atoms with van der Waals surface area (Å²) in [7, 11) is 1.61. The molecule has 0 atom stereocenters. The first-order chi connectivity index (χ1) is 8.74. The van der Waals surface area contributed by atoms with E-state index in [1.165, 1.54) is 0 Å². The number of ether oxygens (including phenoxy) is 1. The van der Waals surface area contributed by atoms with Crippen molar-refractivity contribution in [3.8, 4) is 17.0 Å². The zero-order valence-electron chi connectivity index (χ0n) is 10.3. The topological polar surface area (TPSA) is 47.0 Å². The van der Waals surface area contributed by atoms with E-state index in [1.807, 2.05) is 31.2 Å². The highest BCUT2D eigenvalue weighted by molar-refractivity contribution is 6.33. The Labute approximate surface area is 111 Å². The van der Waals surface area contributed by atoms with Gasteiger partial charge < -0.3 is 10.1 Å². The van der Waals surface area contributed by atoms with Gasteiger partial charge in [0.2, 0.25) is 0 Å². The summed E-state index contributed by atoms with van der Waals surface area (Å²) < 4.78 is 5.11. The van der Waals surface area contributed by atoms with E-state index in [9.17, 15) is 0 Å². The van der Waals surface area contributed by atoms with Crippen molar-refractivity contribution < 1.29 is 4.74 Å². The van der Waals surface area contributed by atoms with Crippen LogP contribution >= 0.6 is 11.6 Å². The molecule has 0 saturated heterocycles. The minimum absolute atomic E-state index is 0.597. The van der Waals surface area contributed by atoms with Gasteiger partial charge in [-0.15, -0.1) is 10.2 Å². The zero-order valence-corrected chi connectivity index (χ0v) is 11.0. The van der Waals surface area contributed by atoms with E-state index in [0.29, 0.717) is 5.02 Å². The van der Waals surface area contributed by atoms with Gasteiger partial charge in [-0.1, -0.05) is 11.6 Å². The van der Waals surface area contributed by atoms with Crippen LogP contribution in [0, 0.1) is 0 Å². The summed E-state index contributed by atoms with van der Waals surface area (Å²) in [6.45, 7) is 2.83. The lowest BCUT2D eigenvalue weighted by atomic mass is 10.1. The number of hydrogen-bond donors (Lipinski definition) is 1. The number of nitrogens with one attached hydrogen (secondary N) is 1. The molecule has 1 heterocycles. The second kappa shape index (κ2) is 5.69. The Balaban J connectivity index is 2.30. The Morgan fingerprint density at radius 2 is 2.06 bits per heavy atom. The molecule has 5 heteroatoms. The third-order valence-electron chi connectivity index (χ3n) is 2.47. The van der Waals surface area contributed by atoms with E-state index in [1.54, 1.807) is 13.2 Å². The molecule has 1 N–H and O–H groups in total. The van der Waals surface area contributed by atoms with Crippen molar-refractivity contribution in [2.75, 3.05) is 19.0 Å². The van der Waals surface area contributed by atoms with Crippen LogP contribution in [0.2, 0.25) is 5.02 Å². The minimum atomic E-state index is 0.597. The van der Waals surface area contributed by atoms with E-state index in [2.05, 4.69) is 15.5 Å². The van der Waals surface area contributed by atoms with Gasteiger partial charge in [-0.05, 0) is 37.3 Å².